The van der Waals surface area contributed by atoms with Crippen molar-refractivity contribution in [1.29, 1.82) is 0 Å². The van der Waals surface area contributed by atoms with Gasteiger partial charge in [-0.25, -0.2) is 0 Å². The molecule has 1 amide bonds. The Morgan fingerprint density at radius 1 is 1.14 bits per heavy atom. The first kappa shape index (κ1) is 18.4. The molecule has 144 valence electrons. The van der Waals surface area contributed by atoms with Crippen LogP contribution in [0.25, 0.3) is 21.2 Å². The molecule has 2 fully saturated rings. The molecule has 0 saturated carbocycles. The van der Waals surface area contributed by atoms with E-state index in [0.717, 1.165) is 45.7 Å². The number of carbonyl (C=O) groups excluding carboxylic acids is 1. The summed E-state index contributed by atoms with van der Waals surface area (Å²) in [6.45, 7) is 3.76. The van der Waals surface area contributed by atoms with Crippen molar-refractivity contribution in [3.05, 3.63) is 57.4 Å². The summed E-state index contributed by atoms with van der Waals surface area (Å²) in [5.41, 5.74) is 2.31. The Kier molecular flexibility index (Phi) is 4.44. The first-order valence-corrected chi connectivity index (χ1v) is 11.1. The van der Waals surface area contributed by atoms with Crippen LogP contribution in [-0.4, -0.2) is 35.5 Å². The second-order valence-electron chi connectivity index (χ2n) is 7.99. The lowest BCUT2D eigenvalue weighted by atomic mass is 9.88. The normalized spacial score (nSPS) is 20.7. The van der Waals surface area contributed by atoms with Crippen LogP contribution in [-0.2, 0) is 0 Å². The Labute approximate surface area is 178 Å². The molecular formula is C22H20Cl2N2OS. The average Bonchev–Trinajstić information content (AvgIpc) is 3.21. The second-order valence-corrected chi connectivity index (χ2v) is 9.86. The number of fused-ring (bicyclic) bond motifs is 1. The van der Waals surface area contributed by atoms with E-state index in [2.05, 4.69) is 18.3 Å². The molecule has 0 aliphatic carbocycles. The van der Waals surface area contributed by atoms with Crippen molar-refractivity contribution in [3.63, 3.8) is 0 Å². The number of amides is 1. The lowest BCUT2D eigenvalue weighted by Crippen LogP contribution is -2.68. The number of hydrogen-bond acceptors (Lipinski definition) is 3. The fraction of sp³-hybridized carbons (Fsp3) is 0.318. The zero-order chi connectivity index (χ0) is 19.5. The largest absolute Gasteiger partial charge is 0.334 e. The van der Waals surface area contributed by atoms with Gasteiger partial charge < -0.3 is 10.2 Å². The molecule has 2 aromatic carbocycles. The third-order valence-corrected chi connectivity index (χ3v) is 7.78. The molecule has 2 aliphatic rings. The van der Waals surface area contributed by atoms with E-state index in [9.17, 15) is 4.79 Å². The molecule has 28 heavy (non-hydrogen) atoms. The Morgan fingerprint density at radius 3 is 2.54 bits per heavy atom. The van der Waals surface area contributed by atoms with Crippen molar-refractivity contribution in [3.8, 4) is 11.1 Å². The summed E-state index contributed by atoms with van der Waals surface area (Å²) in [5.74, 6) is 0.0474. The smallest absolute Gasteiger partial charge is 0.265 e. The van der Waals surface area contributed by atoms with E-state index < -0.39 is 0 Å². The van der Waals surface area contributed by atoms with Crippen molar-refractivity contribution in [2.45, 2.75) is 31.3 Å². The van der Waals surface area contributed by atoms with Crippen LogP contribution in [0.3, 0.4) is 0 Å². The van der Waals surface area contributed by atoms with E-state index in [4.69, 9.17) is 23.2 Å². The maximum Gasteiger partial charge on any atom is 0.265 e. The predicted octanol–water partition coefficient (Wildman–Crippen LogP) is 5.84. The quantitative estimate of drug-likeness (QED) is 0.553. The molecule has 3 aromatic rings. The van der Waals surface area contributed by atoms with Gasteiger partial charge >= 0.3 is 0 Å². The number of hydrogen-bond donors (Lipinski definition) is 1. The van der Waals surface area contributed by atoms with Gasteiger partial charge in [0, 0.05) is 34.2 Å². The number of nitrogens with one attached hydrogen (secondary N) is 1. The highest BCUT2D eigenvalue weighted by Gasteiger charge is 2.49. The molecule has 5 rings (SSSR count). The maximum absolute atomic E-state index is 13.0. The number of benzene rings is 2. The lowest BCUT2D eigenvalue weighted by molar-refractivity contribution is 0.0347. The van der Waals surface area contributed by atoms with E-state index in [0.29, 0.717) is 15.9 Å². The van der Waals surface area contributed by atoms with E-state index in [1.165, 1.54) is 17.8 Å². The summed E-state index contributed by atoms with van der Waals surface area (Å²) in [7, 11) is 0. The Hall–Kier alpha value is -1.59. The monoisotopic (exact) mass is 430 g/mol. The minimum atomic E-state index is 0.0474. The van der Waals surface area contributed by atoms with Gasteiger partial charge in [-0.1, -0.05) is 47.5 Å². The number of nitrogens with zero attached hydrogens (tertiary/aromatic N) is 1. The van der Waals surface area contributed by atoms with Gasteiger partial charge in [0.05, 0.1) is 10.6 Å². The van der Waals surface area contributed by atoms with Gasteiger partial charge in [-0.05, 0) is 49.1 Å². The summed E-state index contributed by atoms with van der Waals surface area (Å²) in [6.07, 6.45) is 2.32. The molecule has 6 heteroatoms. The van der Waals surface area contributed by atoms with Crippen LogP contribution in [0, 0.1) is 0 Å². The van der Waals surface area contributed by atoms with Crippen LogP contribution in [0.1, 0.15) is 29.4 Å². The number of rotatable bonds is 2. The summed E-state index contributed by atoms with van der Waals surface area (Å²) in [6, 6.07) is 14.5. The molecule has 2 saturated heterocycles. The van der Waals surface area contributed by atoms with Gasteiger partial charge in [-0.15, -0.1) is 11.3 Å². The molecule has 1 N–H and O–H groups in total. The highest BCUT2D eigenvalue weighted by Crippen LogP contribution is 2.40. The zero-order valence-corrected chi connectivity index (χ0v) is 17.8. The standard InChI is InChI=1S/C22H20Cl2N2OS/c1-13-8-9-22(25-13)11-26(12-22)21(27)20-19(24)17-7-4-15(10-18(17)28-20)14-2-5-16(23)6-3-14/h2-7,10,13,25H,8-9,11-12H2,1H3. The van der Waals surface area contributed by atoms with Crippen LogP contribution in [0.15, 0.2) is 42.5 Å². The molecule has 1 unspecified atom stereocenters. The van der Waals surface area contributed by atoms with Crippen molar-refractivity contribution >= 4 is 50.5 Å². The minimum absolute atomic E-state index is 0.0474. The molecule has 3 nitrogen and oxygen atoms in total. The summed E-state index contributed by atoms with van der Waals surface area (Å²) >= 11 is 14.1. The van der Waals surface area contributed by atoms with E-state index >= 15 is 0 Å². The molecule has 3 heterocycles. The first-order valence-electron chi connectivity index (χ1n) is 9.49. The van der Waals surface area contributed by atoms with Gasteiger partial charge in [-0.2, -0.15) is 0 Å². The molecule has 1 aromatic heterocycles. The summed E-state index contributed by atoms with van der Waals surface area (Å²) in [5, 5.41) is 5.87. The Balaban J connectivity index is 1.42. The van der Waals surface area contributed by atoms with Crippen molar-refractivity contribution in [2.24, 2.45) is 0 Å². The third kappa shape index (κ3) is 3.03. The minimum Gasteiger partial charge on any atom is -0.334 e. The molecule has 0 radical (unpaired) electrons. The van der Waals surface area contributed by atoms with E-state index in [1.54, 1.807) is 0 Å². The van der Waals surface area contributed by atoms with E-state index in [-0.39, 0.29) is 11.4 Å². The lowest BCUT2D eigenvalue weighted by Gasteiger charge is -2.48. The fourth-order valence-corrected chi connectivity index (χ4v) is 6.05. The van der Waals surface area contributed by atoms with Crippen LogP contribution in [0.2, 0.25) is 10.0 Å². The van der Waals surface area contributed by atoms with Crippen LogP contribution in [0.4, 0.5) is 0 Å². The first-order chi connectivity index (χ1) is 13.4. The fourth-order valence-electron chi connectivity index (χ4n) is 4.41. The molecule has 0 bridgehead atoms. The van der Waals surface area contributed by atoms with Crippen LogP contribution >= 0.6 is 34.5 Å². The van der Waals surface area contributed by atoms with Crippen molar-refractivity contribution < 1.29 is 4.79 Å². The zero-order valence-electron chi connectivity index (χ0n) is 15.5. The highest BCUT2D eigenvalue weighted by atomic mass is 35.5. The highest BCUT2D eigenvalue weighted by molar-refractivity contribution is 7.21. The average molecular weight is 431 g/mol. The number of carbonyl (C=O) groups is 1. The molecule has 1 atom stereocenters. The predicted molar refractivity (Wildman–Crippen MR) is 118 cm³/mol. The number of halogens is 2. The van der Waals surface area contributed by atoms with Gasteiger partial charge in [0.15, 0.2) is 0 Å². The topological polar surface area (TPSA) is 32.3 Å². The Bertz CT molecular complexity index is 1070. The van der Waals surface area contributed by atoms with Gasteiger partial charge in [0.2, 0.25) is 0 Å². The van der Waals surface area contributed by atoms with Gasteiger partial charge in [-0.3, -0.25) is 4.79 Å². The summed E-state index contributed by atoms with van der Waals surface area (Å²) in [4.78, 5) is 15.6. The SMILES string of the molecule is CC1CCC2(CN(C(=O)c3sc4cc(-c5ccc(Cl)cc5)ccc4c3Cl)C2)N1. The second kappa shape index (κ2) is 6.74. The van der Waals surface area contributed by atoms with Gasteiger partial charge in [0.1, 0.15) is 4.88 Å². The molecule has 2 aliphatic heterocycles. The molecule has 1 spiro atoms. The van der Waals surface area contributed by atoms with Crippen molar-refractivity contribution in [1.82, 2.24) is 10.2 Å². The third-order valence-electron chi connectivity index (χ3n) is 5.88. The molecular weight excluding hydrogens is 411 g/mol. The van der Waals surface area contributed by atoms with Crippen molar-refractivity contribution in [2.75, 3.05) is 13.1 Å². The Morgan fingerprint density at radius 2 is 1.86 bits per heavy atom. The van der Waals surface area contributed by atoms with Crippen LogP contribution in [0.5, 0.6) is 0 Å². The van der Waals surface area contributed by atoms with E-state index in [1.807, 2.05) is 41.3 Å². The van der Waals surface area contributed by atoms with Gasteiger partial charge in [0.25, 0.3) is 5.91 Å². The number of likely N-dealkylation sites (tertiary alicyclic amines) is 1. The van der Waals surface area contributed by atoms with Crippen LogP contribution < -0.4 is 5.32 Å². The summed E-state index contributed by atoms with van der Waals surface area (Å²) < 4.78 is 1.03. The maximum atomic E-state index is 13.0. The number of thiophene rings is 1.